The Morgan fingerprint density at radius 1 is 1.28 bits per heavy atom. The quantitative estimate of drug-likeness (QED) is 0.364. The van der Waals surface area contributed by atoms with Gasteiger partial charge >= 0.3 is 0 Å². The highest BCUT2D eigenvalue weighted by molar-refractivity contribution is 6.35. The highest BCUT2D eigenvalue weighted by Crippen LogP contribution is 2.36. The predicted octanol–water partition coefficient (Wildman–Crippen LogP) is 4.98. The summed E-state index contributed by atoms with van der Waals surface area (Å²) in [6.45, 7) is 8.35. The standard InChI is InChI=1S/C26H27ClN8O/c1-26(2,3)15-31-23-17(9-28)11-30-25-20(23)7-18(8-21(25)27)32-24(16-5-4-6-29-10-16)22-12-35(34-33-22)19-13-36-14-19/h4-8,10-12,19,24,32H,13-15H2,1-3H3,(H,30,31). The van der Waals surface area contributed by atoms with Gasteiger partial charge in [0.2, 0.25) is 0 Å². The molecule has 4 heterocycles. The second kappa shape index (κ2) is 9.72. The molecule has 36 heavy (non-hydrogen) atoms. The first-order chi connectivity index (χ1) is 17.3. The molecule has 1 aliphatic rings. The van der Waals surface area contributed by atoms with E-state index >= 15 is 0 Å². The number of anilines is 2. The Hall–Kier alpha value is -3.74. The van der Waals surface area contributed by atoms with Crippen LogP contribution < -0.4 is 10.6 Å². The second-order valence-corrected chi connectivity index (χ2v) is 10.5. The molecule has 0 bridgehead atoms. The van der Waals surface area contributed by atoms with Gasteiger partial charge in [-0.1, -0.05) is 43.7 Å². The third-order valence-corrected chi connectivity index (χ3v) is 6.28. The van der Waals surface area contributed by atoms with Crippen molar-refractivity contribution in [2.24, 2.45) is 5.41 Å². The van der Waals surface area contributed by atoms with E-state index in [0.29, 0.717) is 35.9 Å². The van der Waals surface area contributed by atoms with Gasteiger partial charge in [-0.05, 0) is 29.2 Å². The zero-order valence-corrected chi connectivity index (χ0v) is 21.1. The Morgan fingerprint density at radius 2 is 2.11 bits per heavy atom. The summed E-state index contributed by atoms with van der Waals surface area (Å²) in [6, 6.07) is 9.81. The summed E-state index contributed by atoms with van der Waals surface area (Å²) in [6.07, 6.45) is 7.04. The summed E-state index contributed by atoms with van der Waals surface area (Å²) in [5, 5.41) is 26.8. The molecule has 0 radical (unpaired) electrons. The van der Waals surface area contributed by atoms with Crippen LogP contribution in [0.1, 0.15) is 49.7 Å². The summed E-state index contributed by atoms with van der Waals surface area (Å²) < 4.78 is 7.14. The topological polar surface area (TPSA) is 114 Å². The van der Waals surface area contributed by atoms with Crippen molar-refractivity contribution in [3.05, 3.63) is 70.9 Å². The SMILES string of the molecule is CC(C)(C)CNc1c(C#N)cnc2c(Cl)cc(NC(c3cccnc3)c3cn(C4COC4)nn3)cc12. The Bertz CT molecular complexity index is 1420. The number of nitrogens with one attached hydrogen (secondary N) is 2. The zero-order chi connectivity index (χ0) is 25.3. The van der Waals surface area contributed by atoms with Crippen LogP contribution in [0.3, 0.4) is 0 Å². The van der Waals surface area contributed by atoms with E-state index in [9.17, 15) is 5.26 Å². The molecule has 10 heteroatoms. The molecule has 3 aromatic heterocycles. The number of pyridine rings is 2. The van der Waals surface area contributed by atoms with Gasteiger partial charge in [-0.15, -0.1) is 5.10 Å². The predicted molar refractivity (Wildman–Crippen MR) is 139 cm³/mol. The smallest absolute Gasteiger partial charge is 0.110 e. The molecule has 0 amide bonds. The van der Waals surface area contributed by atoms with Gasteiger partial charge in [0.15, 0.2) is 0 Å². The van der Waals surface area contributed by atoms with Crippen molar-refractivity contribution >= 4 is 33.9 Å². The molecule has 0 aliphatic carbocycles. The van der Waals surface area contributed by atoms with Crippen LogP contribution in [0.2, 0.25) is 5.02 Å². The van der Waals surface area contributed by atoms with Crippen LogP contribution >= 0.6 is 11.6 Å². The van der Waals surface area contributed by atoms with E-state index in [0.717, 1.165) is 28.0 Å². The van der Waals surface area contributed by atoms with Crippen LogP contribution in [0.5, 0.6) is 0 Å². The number of rotatable bonds is 7. The van der Waals surface area contributed by atoms with Crippen LogP contribution in [0, 0.1) is 16.7 Å². The summed E-state index contributed by atoms with van der Waals surface area (Å²) in [7, 11) is 0. The molecule has 4 aromatic rings. The van der Waals surface area contributed by atoms with Gasteiger partial charge in [-0.3, -0.25) is 9.97 Å². The van der Waals surface area contributed by atoms with Crippen molar-refractivity contribution in [2.75, 3.05) is 30.4 Å². The third kappa shape index (κ3) is 4.96. The van der Waals surface area contributed by atoms with Crippen molar-refractivity contribution in [1.82, 2.24) is 25.0 Å². The number of fused-ring (bicyclic) bond motifs is 1. The van der Waals surface area contributed by atoms with Crippen molar-refractivity contribution in [3.63, 3.8) is 0 Å². The van der Waals surface area contributed by atoms with E-state index < -0.39 is 0 Å². The lowest BCUT2D eigenvalue weighted by Gasteiger charge is -2.25. The normalized spacial score (nSPS) is 14.8. The van der Waals surface area contributed by atoms with Crippen LogP contribution in [0.15, 0.2) is 49.1 Å². The highest BCUT2D eigenvalue weighted by atomic mass is 35.5. The van der Waals surface area contributed by atoms with Crippen LogP contribution in [0.25, 0.3) is 10.9 Å². The summed E-state index contributed by atoms with van der Waals surface area (Å²) >= 11 is 6.70. The van der Waals surface area contributed by atoms with Crippen molar-refractivity contribution in [2.45, 2.75) is 32.9 Å². The lowest BCUT2D eigenvalue weighted by Crippen LogP contribution is -2.31. The van der Waals surface area contributed by atoms with E-state index in [1.54, 1.807) is 18.6 Å². The Morgan fingerprint density at radius 3 is 2.78 bits per heavy atom. The summed E-state index contributed by atoms with van der Waals surface area (Å²) in [5.74, 6) is 0. The molecule has 1 fully saturated rings. The number of halogens is 1. The number of ether oxygens (including phenoxy) is 1. The number of nitriles is 1. The fraction of sp³-hybridized carbons (Fsp3) is 0.346. The first-order valence-corrected chi connectivity index (χ1v) is 12.1. The van der Waals surface area contributed by atoms with Gasteiger partial charge in [0, 0.05) is 36.2 Å². The number of hydrogen-bond acceptors (Lipinski definition) is 8. The molecule has 1 aromatic carbocycles. The summed E-state index contributed by atoms with van der Waals surface area (Å²) in [5.41, 5.74) is 4.28. The van der Waals surface area contributed by atoms with Gasteiger partial charge in [0.25, 0.3) is 0 Å². The first kappa shape index (κ1) is 24.0. The average Bonchev–Trinajstić information content (AvgIpc) is 3.28. The largest absolute Gasteiger partial charge is 0.383 e. The van der Waals surface area contributed by atoms with Gasteiger partial charge in [0.1, 0.15) is 17.8 Å². The fourth-order valence-corrected chi connectivity index (χ4v) is 4.26. The van der Waals surface area contributed by atoms with Gasteiger partial charge < -0.3 is 15.4 Å². The lowest BCUT2D eigenvalue weighted by atomic mass is 9.96. The molecule has 5 rings (SSSR count). The van der Waals surface area contributed by atoms with Crippen LogP contribution in [-0.2, 0) is 4.74 Å². The minimum absolute atomic E-state index is 0.0185. The zero-order valence-electron chi connectivity index (χ0n) is 20.4. The van der Waals surface area contributed by atoms with E-state index in [1.165, 1.54) is 0 Å². The van der Waals surface area contributed by atoms with Gasteiger partial charge in [-0.25, -0.2) is 4.68 Å². The maximum Gasteiger partial charge on any atom is 0.110 e. The van der Waals surface area contributed by atoms with E-state index in [-0.39, 0.29) is 17.5 Å². The molecule has 9 nitrogen and oxygen atoms in total. The first-order valence-electron chi connectivity index (χ1n) is 11.7. The van der Waals surface area contributed by atoms with Crippen LogP contribution in [-0.4, -0.2) is 44.7 Å². The monoisotopic (exact) mass is 502 g/mol. The van der Waals surface area contributed by atoms with E-state index in [2.05, 4.69) is 57.8 Å². The van der Waals surface area contributed by atoms with Crippen molar-refractivity contribution in [1.29, 1.82) is 5.26 Å². The third-order valence-electron chi connectivity index (χ3n) is 5.99. The van der Waals surface area contributed by atoms with E-state index in [1.807, 2.05) is 35.1 Å². The fourth-order valence-electron chi connectivity index (χ4n) is 3.99. The van der Waals surface area contributed by atoms with Crippen molar-refractivity contribution in [3.8, 4) is 6.07 Å². The molecular formula is C26H27ClN8O. The minimum Gasteiger partial charge on any atom is -0.383 e. The number of hydrogen-bond donors (Lipinski definition) is 2. The van der Waals surface area contributed by atoms with E-state index in [4.69, 9.17) is 16.3 Å². The molecule has 1 aliphatic heterocycles. The number of benzene rings is 1. The molecule has 0 spiro atoms. The average molecular weight is 503 g/mol. The molecular weight excluding hydrogens is 476 g/mol. The molecule has 1 atom stereocenters. The van der Waals surface area contributed by atoms with Gasteiger partial charge in [-0.2, -0.15) is 5.26 Å². The molecule has 1 saturated heterocycles. The molecule has 184 valence electrons. The summed E-state index contributed by atoms with van der Waals surface area (Å²) in [4.78, 5) is 8.76. The molecule has 2 N–H and O–H groups in total. The lowest BCUT2D eigenvalue weighted by molar-refractivity contribution is -0.0293. The highest BCUT2D eigenvalue weighted by Gasteiger charge is 2.25. The minimum atomic E-state index is -0.319. The Kier molecular flexibility index (Phi) is 6.48. The second-order valence-electron chi connectivity index (χ2n) is 10.1. The maximum atomic E-state index is 9.75. The Balaban J connectivity index is 1.56. The number of nitrogens with zero attached hydrogens (tertiary/aromatic N) is 6. The van der Waals surface area contributed by atoms with Crippen LogP contribution in [0.4, 0.5) is 11.4 Å². The Labute approximate surface area is 214 Å². The van der Waals surface area contributed by atoms with Gasteiger partial charge in [0.05, 0.1) is 47.2 Å². The molecule has 0 saturated carbocycles. The maximum absolute atomic E-state index is 9.75. The van der Waals surface area contributed by atoms with Crippen molar-refractivity contribution < 1.29 is 4.74 Å². The number of aromatic nitrogens is 5. The molecule has 1 unspecified atom stereocenters.